The molecule has 0 aliphatic heterocycles. The molecule has 0 saturated carbocycles. The fourth-order valence-electron chi connectivity index (χ4n) is 1.86. The molecule has 0 fully saturated rings. The second kappa shape index (κ2) is 5.83. The summed E-state index contributed by atoms with van der Waals surface area (Å²) >= 11 is 0. The molecule has 2 rings (SSSR count). The van der Waals surface area contributed by atoms with Gasteiger partial charge in [0.05, 0.1) is 11.0 Å². The molecule has 0 heterocycles. The van der Waals surface area contributed by atoms with Crippen molar-refractivity contribution in [1.29, 1.82) is 0 Å². The number of sulfonamides is 1. The lowest BCUT2D eigenvalue weighted by molar-refractivity contribution is 0.199. The number of anilines is 1. The van der Waals surface area contributed by atoms with Crippen LogP contribution in [0.5, 0.6) is 0 Å². The van der Waals surface area contributed by atoms with Gasteiger partial charge < -0.3 is 5.11 Å². The van der Waals surface area contributed by atoms with E-state index < -0.39 is 21.9 Å². The lowest BCUT2D eigenvalue weighted by Gasteiger charge is -2.11. The Hall–Kier alpha value is -1.92. The monoisotopic (exact) mass is 309 g/mol. The smallest absolute Gasteiger partial charge is 0.261 e. The van der Waals surface area contributed by atoms with Gasteiger partial charge in [0.1, 0.15) is 5.82 Å². The molecular formula is C15H16FNO3S. The van der Waals surface area contributed by atoms with Gasteiger partial charge in [-0.15, -0.1) is 0 Å². The number of hydrogen-bond donors (Lipinski definition) is 2. The maximum absolute atomic E-state index is 13.2. The fraction of sp³-hybridized carbons (Fsp3) is 0.200. The summed E-state index contributed by atoms with van der Waals surface area (Å²) < 4.78 is 40.2. The maximum atomic E-state index is 13.2. The van der Waals surface area contributed by atoms with E-state index in [4.69, 9.17) is 0 Å². The first kappa shape index (κ1) is 15.5. The van der Waals surface area contributed by atoms with Crippen molar-refractivity contribution in [3.8, 4) is 0 Å². The lowest BCUT2D eigenvalue weighted by atomic mass is 10.1. The molecule has 0 saturated heterocycles. The van der Waals surface area contributed by atoms with Gasteiger partial charge in [0, 0.05) is 5.69 Å². The van der Waals surface area contributed by atoms with Crippen LogP contribution in [0.3, 0.4) is 0 Å². The first-order valence-electron chi connectivity index (χ1n) is 6.36. The summed E-state index contributed by atoms with van der Waals surface area (Å²) in [6, 6.07) is 10.0. The molecule has 4 nitrogen and oxygen atoms in total. The Morgan fingerprint density at radius 3 is 2.52 bits per heavy atom. The Kier molecular flexibility index (Phi) is 4.29. The first-order chi connectivity index (χ1) is 9.79. The Labute approximate surface area is 123 Å². The SMILES string of the molecule is Cc1cc(NS(=O)(=O)c2cccc(C(C)O)c2)ccc1F. The molecule has 112 valence electrons. The molecule has 6 heteroatoms. The number of halogens is 1. The minimum absolute atomic E-state index is 0.0443. The van der Waals surface area contributed by atoms with Crippen LogP contribution in [0.15, 0.2) is 47.4 Å². The van der Waals surface area contributed by atoms with Gasteiger partial charge in [-0.3, -0.25) is 4.72 Å². The van der Waals surface area contributed by atoms with E-state index in [-0.39, 0.29) is 10.6 Å². The van der Waals surface area contributed by atoms with Crippen LogP contribution in [0.1, 0.15) is 24.2 Å². The average molecular weight is 309 g/mol. The number of aryl methyl sites for hydroxylation is 1. The molecule has 0 radical (unpaired) electrons. The van der Waals surface area contributed by atoms with E-state index in [1.54, 1.807) is 26.0 Å². The molecule has 21 heavy (non-hydrogen) atoms. The zero-order chi connectivity index (χ0) is 15.6. The van der Waals surface area contributed by atoms with Crippen molar-refractivity contribution in [1.82, 2.24) is 0 Å². The Bertz CT molecular complexity index is 757. The van der Waals surface area contributed by atoms with E-state index in [1.807, 2.05) is 0 Å². The Morgan fingerprint density at radius 2 is 1.90 bits per heavy atom. The summed E-state index contributed by atoms with van der Waals surface area (Å²) in [7, 11) is -3.78. The van der Waals surface area contributed by atoms with Crippen molar-refractivity contribution in [3.63, 3.8) is 0 Å². The number of nitrogens with one attached hydrogen (secondary N) is 1. The highest BCUT2D eigenvalue weighted by molar-refractivity contribution is 7.92. The fourth-order valence-corrected chi connectivity index (χ4v) is 2.97. The molecule has 2 aromatic rings. The van der Waals surface area contributed by atoms with Crippen LogP contribution in [-0.4, -0.2) is 13.5 Å². The molecular weight excluding hydrogens is 293 g/mol. The lowest BCUT2D eigenvalue weighted by Crippen LogP contribution is -2.13. The van der Waals surface area contributed by atoms with Crippen molar-refractivity contribution in [2.75, 3.05) is 4.72 Å². The highest BCUT2D eigenvalue weighted by Gasteiger charge is 2.16. The normalized spacial score (nSPS) is 13.0. The van der Waals surface area contributed by atoms with E-state index >= 15 is 0 Å². The largest absolute Gasteiger partial charge is 0.389 e. The highest BCUT2D eigenvalue weighted by atomic mass is 32.2. The molecule has 0 aliphatic carbocycles. The molecule has 0 aliphatic rings. The number of hydrogen-bond acceptors (Lipinski definition) is 3. The Balaban J connectivity index is 2.33. The molecule has 1 unspecified atom stereocenters. The van der Waals surface area contributed by atoms with Gasteiger partial charge in [-0.05, 0) is 55.3 Å². The average Bonchev–Trinajstić information content (AvgIpc) is 2.43. The number of aliphatic hydroxyl groups is 1. The molecule has 0 bridgehead atoms. The van der Waals surface area contributed by atoms with E-state index in [0.717, 1.165) is 0 Å². The van der Waals surface area contributed by atoms with E-state index in [1.165, 1.54) is 30.3 Å². The molecule has 2 aromatic carbocycles. The number of rotatable bonds is 4. The predicted molar refractivity (Wildman–Crippen MR) is 79.0 cm³/mol. The zero-order valence-electron chi connectivity index (χ0n) is 11.7. The van der Waals surface area contributed by atoms with Crippen molar-refractivity contribution in [3.05, 3.63) is 59.4 Å². The summed E-state index contributed by atoms with van der Waals surface area (Å²) in [5.74, 6) is -0.394. The van der Waals surface area contributed by atoms with Crippen LogP contribution in [0.4, 0.5) is 10.1 Å². The topological polar surface area (TPSA) is 66.4 Å². The summed E-state index contributed by atoms with van der Waals surface area (Å²) in [5.41, 5.74) is 1.15. The van der Waals surface area contributed by atoms with Crippen LogP contribution < -0.4 is 4.72 Å². The predicted octanol–water partition coefficient (Wildman–Crippen LogP) is 2.99. The zero-order valence-corrected chi connectivity index (χ0v) is 12.5. The standard InChI is InChI=1S/C15H16FNO3S/c1-10-8-13(6-7-15(10)16)17-21(19,20)14-5-3-4-12(9-14)11(2)18/h3-9,11,17-18H,1-2H3. The van der Waals surface area contributed by atoms with Crippen LogP contribution in [0.2, 0.25) is 0 Å². The minimum Gasteiger partial charge on any atom is -0.389 e. The summed E-state index contributed by atoms with van der Waals surface area (Å²) in [5, 5.41) is 9.51. The summed E-state index contributed by atoms with van der Waals surface area (Å²) in [4.78, 5) is 0.0443. The van der Waals surface area contributed by atoms with Gasteiger partial charge in [-0.25, -0.2) is 12.8 Å². The quantitative estimate of drug-likeness (QED) is 0.912. The highest BCUT2D eigenvalue weighted by Crippen LogP contribution is 2.21. The molecule has 2 N–H and O–H groups in total. The minimum atomic E-state index is -3.78. The van der Waals surface area contributed by atoms with Crippen molar-refractivity contribution in [2.24, 2.45) is 0 Å². The molecule has 1 atom stereocenters. The molecule has 0 spiro atoms. The molecule has 0 amide bonds. The van der Waals surface area contributed by atoms with E-state index in [2.05, 4.69) is 4.72 Å². The van der Waals surface area contributed by atoms with Crippen LogP contribution in [-0.2, 0) is 10.0 Å². The number of benzene rings is 2. The van der Waals surface area contributed by atoms with Gasteiger partial charge >= 0.3 is 0 Å². The van der Waals surface area contributed by atoms with Crippen LogP contribution >= 0.6 is 0 Å². The van der Waals surface area contributed by atoms with Crippen molar-refractivity contribution in [2.45, 2.75) is 24.8 Å². The second-order valence-electron chi connectivity index (χ2n) is 4.82. The van der Waals surface area contributed by atoms with Crippen molar-refractivity contribution < 1.29 is 17.9 Å². The van der Waals surface area contributed by atoms with E-state index in [0.29, 0.717) is 11.1 Å². The third-order valence-electron chi connectivity index (χ3n) is 3.06. The summed E-state index contributed by atoms with van der Waals surface area (Å²) in [6.45, 7) is 3.11. The van der Waals surface area contributed by atoms with E-state index in [9.17, 15) is 17.9 Å². The molecule has 0 aromatic heterocycles. The van der Waals surface area contributed by atoms with Crippen molar-refractivity contribution >= 4 is 15.7 Å². The maximum Gasteiger partial charge on any atom is 0.261 e. The summed E-state index contributed by atoms with van der Waals surface area (Å²) in [6.07, 6.45) is -0.756. The third kappa shape index (κ3) is 3.59. The second-order valence-corrected chi connectivity index (χ2v) is 6.50. The van der Waals surface area contributed by atoms with Crippen LogP contribution in [0, 0.1) is 12.7 Å². The first-order valence-corrected chi connectivity index (χ1v) is 7.85. The van der Waals surface area contributed by atoms with Gasteiger partial charge in [-0.2, -0.15) is 0 Å². The third-order valence-corrected chi connectivity index (χ3v) is 4.44. The van der Waals surface area contributed by atoms with Gasteiger partial charge in [-0.1, -0.05) is 12.1 Å². The van der Waals surface area contributed by atoms with Gasteiger partial charge in [0.2, 0.25) is 0 Å². The van der Waals surface area contributed by atoms with Crippen LogP contribution in [0.25, 0.3) is 0 Å². The Morgan fingerprint density at radius 1 is 1.19 bits per heavy atom. The van der Waals surface area contributed by atoms with Gasteiger partial charge in [0.15, 0.2) is 0 Å². The van der Waals surface area contributed by atoms with Gasteiger partial charge in [0.25, 0.3) is 10.0 Å². The number of aliphatic hydroxyl groups excluding tert-OH is 1.